The molecule has 0 aliphatic rings. The van der Waals surface area contributed by atoms with Gasteiger partial charge in [-0.05, 0) is 0 Å². The highest BCUT2D eigenvalue weighted by atomic mass is 32.2. The number of hydrogen-bond donors (Lipinski definition) is 1. The van der Waals surface area contributed by atoms with Crippen molar-refractivity contribution in [3.05, 3.63) is 18.7 Å². The zero-order valence-corrected chi connectivity index (χ0v) is 6.17. The normalized spacial score (nSPS) is 11.3. The molecule has 1 rings (SSSR count). The summed E-state index contributed by atoms with van der Waals surface area (Å²) >= 11 is 0. The fraction of sp³-hybridized carbons (Fsp3) is 0.250. The van der Waals surface area contributed by atoms with Gasteiger partial charge in [-0.2, -0.15) is 0 Å². The SMILES string of the molecule is CS(=O)(=O)Nn1ccnc1. The van der Waals surface area contributed by atoms with Crippen LogP contribution >= 0.6 is 0 Å². The molecular formula is C4H7N3O2S. The Morgan fingerprint density at radius 2 is 2.30 bits per heavy atom. The van der Waals surface area contributed by atoms with Crippen LogP contribution in [0.25, 0.3) is 0 Å². The van der Waals surface area contributed by atoms with E-state index in [2.05, 4.69) is 9.82 Å². The first-order valence-electron chi connectivity index (χ1n) is 2.54. The first-order valence-corrected chi connectivity index (χ1v) is 4.43. The van der Waals surface area contributed by atoms with Crippen molar-refractivity contribution in [2.75, 3.05) is 11.1 Å². The van der Waals surface area contributed by atoms with E-state index in [-0.39, 0.29) is 0 Å². The van der Waals surface area contributed by atoms with Gasteiger partial charge in [0.05, 0.1) is 6.26 Å². The zero-order valence-electron chi connectivity index (χ0n) is 5.35. The lowest BCUT2D eigenvalue weighted by atomic mass is 11.0. The number of imidazole rings is 1. The van der Waals surface area contributed by atoms with Gasteiger partial charge >= 0.3 is 0 Å². The molecule has 1 heterocycles. The molecule has 0 aliphatic heterocycles. The highest BCUT2D eigenvalue weighted by Gasteiger charge is 1.97. The molecule has 0 saturated carbocycles. The Hall–Kier alpha value is -1.04. The summed E-state index contributed by atoms with van der Waals surface area (Å²) in [4.78, 5) is 5.83. The second kappa shape index (κ2) is 2.30. The van der Waals surface area contributed by atoms with Crippen molar-refractivity contribution < 1.29 is 8.42 Å². The smallest absolute Gasteiger partial charge is 0.243 e. The second-order valence-corrected chi connectivity index (χ2v) is 3.56. The molecule has 1 N–H and O–H groups in total. The van der Waals surface area contributed by atoms with Gasteiger partial charge in [0.15, 0.2) is 0 Å². The van der Waals surface area contributed by atoms with E-state index in [0.29, 0.717) is 0 Å². The monoisotopic (exact) mass is 161 g/mol. The van der Waals surface area contributed by atoms with Crippen LogP contribution in [0.5, 0.6) is 0 Å². The lowest BCUT2D eigenvalue weighted by molar-refractivity contribution is 0.601. The summed E-state index contributed by atoms with van der Waals surface area (Å²) in [5, 5.41) is 0. The van der Waals surface area contributed by atoms with Crippen LogP contribution in [-0.4, -0.2) is 24.3 Å². The Morgan fingerprint density at radius 3 is 2.70 bits per heavy atom. The van der Waals surface area contributed by atoms with Crippen LogP contribution < -0.4 is 4.83 Å². The molecule has 0 amide bonds. The minimum atomic E-state index is -3.17. The third kappa shape index (κ3) is 2.06. The summed E-state index contributed by atoms with van der Waals surface area (Å²) in [7, 11) is -3.17. The topological polar surface area (TPSA) is 64.0 Å². The van der Waals surface area contributed by atoms with Gasteiger partial charge in [0.25, 0.3) is 0 Å². The largest absolute Gasteiger partial charge is 0.243 e. The van der Waals surface area contributed by atoms with Gasteiger partial charge in [0.1, 0.15) is 6.33 Å². The molecule has 0 unspecified atom stereocenters. The molecule has 10 heavy (non-hydrogen) atoms. The van der Waals surface area contributed by atoms with E-state index in [4.69, 9.17) is 0 Å². The number of sulfonamides is 1. The molecule has 0 atom stereocenters. The van der Waals surface area contributed by atoms with Crippen molar-refractivity contribution in [1.29, 1.82) is 0 Å². The van der Waals surface area contributed by atoms with Crippen LogP contribution in [0.1, 0.15) is 0 Å². The average molecular weight is 161 g/mol. The van der Waals surface area contributed by atoms with Crippen LogP contribution in [0.4, 0.5) is 0 Å². The van der Waals surface area contributed by atoms with Crippen LogP contribution in [0, 0.1) is 0 Å². The Labute approximate surface area is 58.7 Å². The molecule has 0 spiro atoms. The Morgan fingerprint density at radius 1 is 1.60 bits per heavy atom. The first-order chi connectivity index (χ1) is 4.58. The van der Waals surface area contributed by atoms with Gasteiger partial charge in [0, 0.05) is 12.4 Å². The Kier molecular flexibility index (Phi) is 1.62. The molecule has 0 saturated heterocycles. The fourth-order valence-corrected chi connectivity index (χ4v) is 0.996. The summed E-state index contributed by atoms with van der Waals surface area (Å²) in [5.74, 6) is 0. The average Bonchev–Trinajstić information content (AvgIpc) is 2.12. The van der Waals surface area contributed by atoms with E-state index in [1.54, 1.807) is 0 Å². The molecule has 56 valence electrons. The molecule has 0 radical (unpaired) electrons. The number of aromatic nitrogens is 2. The van der Waals surface area contributed by atoms with E-state index in [0.717, 1.165) is 6.26 Å². The zero-order chi connectivity index (χ0) is 7.61. The van der Waals surface area contributed by atoms with Gasteiger partial charge in [-0.15, -0.1) is 0 Å². The van der Waals surface area contributed by atoms with E-state index in [1.165, 1.54) is 23.4 Å². The van der Waals surface area contributed by atoms with Crippen LogP contribution in [0.2, 0.25) is 0 Å². The van der Waals surface area contributed by atoms with Crippen molar-refractivity contribution in [3.8, 4) is 0 Å². The summed E-state index contributed by atoms with van der Waals surface area (Å²) in [6, 6.07) is 0. The summed E-state index contributed by atoms with van der Waals surface area (Å²) in [6.45, 7) is 0. The lowest BCUT2D eigenvalue weighted by Crippen LogP contribution is -2.19. The molecule has 1 aromatic rings. The lowest BCUT2D eigenvalue weighted by Gasteiger charge is -2.01. The van der Waals surface area contributed by atoms with Gasteiger partial charge in [-0.3, -0.25) is 0 Å². The predicted molar refractivity (Wildman–Crippen MR) is 36.4 cm³/mol. The fourth-order valence-electron chi connectivity index (χ4n) is 0.505. The Bertz CT molecular complexity index is 288. The minimum absolute atomic E-state index is 1.08. The Balaban J connectivity index is 2.75. The molecule has 0 bridgehead atoms. The molecule has 5 nitrogen and oxygen atoms in total. The van der Waals surface area contributed by atoms with Crippen LogP contribution in [0.15, 0.2) is 18.7 Å². The van der Waals surface area contributed by atoms with E-state index >= 15 is 0 Å². The molecule has 0 aliphatic carbocycles. The van der Waals surface area contributed by atoms with Crippen LogP contribution in [-0.2, 0) is 10.0 Å². The van der Waals surface area contributed by atoms with Gasteiger partial charge in [0.2, 0.25) is 10.0 Å². The molecule has 0 fully saturated rings. The van der Waals surface area contributed by atoms with Crippen LogP contribution in [0.3, 0.4) is 0 Å². The second-order valence-electron chi connectivity index (χ2n) is 1.83. The maximum Gasteiger partial charge on any atom is 0.243 e. The number of nitrogens with one attached hydrogen (secondary N) is 1. The third-order valence-electron chi connectivity index (χ3n) is 0.776. The van der Waals surface area contributed by atoms with Gasteiger partial charge in [-0.1, -0.05) is 0 Å². The van der Waals surface area contributed by atoms with Gasteiger partial charge in [-0.25, -0.2) is 22.9 Å². The molecular weight excluding hydrogens is 154 g/mol. The maximum absolute atomic E-state index is 10.5. The summed E-state index contributed by atoms with van der Waals surface area (Å²) < 4.78 is 22.3. The minimum Gasteiger partial charge on any atom is -0.243 e. The van der Waals surface area contributed by atoms with E-state index < -0.39 is 10.0 Å². The van der Waals surface area contributed by atoms with Crippen molar-refractivity contribution >= 4 is 10.0 Å². The quantitative estimate of drug-likeness (QED) is 0.629. The number of hydrogen-bond acceptors (Lipinski definition) is 3. The predicted octanol–water partition coefficient (Wildman–Crippen LogP) is -0.614. The summed E-state index contributed by atoms with van der Waals surface area (Å²) in [6.07, 6.45) is 5.42. The van der Waals surface area contributed by atoms with Crippen molar-refractivity contribution in [2.45, 2.75) is 0 Å². The van der Waals surface area contributed by atoms with E-state index in [1.807, 2.05) is 0 Å². The third-order valence-corrected chi connectivity index (χ3v) is 1.32. The van der Waals surface area contributed by atoms with Crippen molar-refractivity contribution in [1.82, 2.24) is 9.66 Å². The number of nitrogens with zero attached hydrogens (tertiary/aromatic N) is 2. The molecule has 6 heteroatoms. The van der Waals surface area contributed by atoms with Crippen molar-refractivity contribution in [3.63, 3.8) is 0 Å². The number of rotatable bonds is 2. The molecule has 1 aromatic heterocycles. The maximum atomic E-state index is 10.5. The van der Waals surface area contributed by atoms with Crippen molar-refractivity contribution in [2.24, 2.45) is 0 Å². The molecule has 0 aromatic carbocycles. The summed E-state index contributed by atoms with van der Waals surface area (Å²) in [5.41, 5.74) is 0. The van der Waals surface area contributed by atoms with Gasteiger partial charge < -0.3 is 0 Å². The highest BCUT2D eigenvalue weighted by Crippen LogP contribution is 1.82. The van der Waals surface area contributed by atoms with E-state index in [9.17, 15) is 8.42 Å². The highest BCUT2D eigenvalue weighted by molar-refractivity contribution is 7.91. The standard InChI is InChI=1S/C4H7N3O2S/c1-10(8,9)6-7-3-2-5-4-7/h2-4,6H,1H3. The first kappa shape index (κ1) is 7.07.